The van der Waals surface area contributed by atoms with Gasteiger partial charge in [-0.25, -0.2) is 18.6 Å². The summed E-state index contributed by atoms with van der Waals surface area (Å²) in [6.45, 7) is 1.82. The van der Waals surface area contributed by atoms with Crippen LogP contribution in [-0.4, -0.2) is 74.2 Å². The second-order valence-electron chi connectivity index (χ2n) is 9.44. The van der Waals surface area contributed by atoms with Crippen LogP contribution in [0.25, 0.3) is 0 Å². The molecule has 0 aliphatic carbocycles. The third-order valence-electron chi connectivity index (χ3n) is 6.34. The number of carbonyl (C=O) groups excluding carboxylic acids is 1. The maximum Gasteiger partial charge on any atom is 0.326 e. The van der Waals surface area contributed by atoms with E-state index in [1.165, 1.54) is 21.9 Å². The molecular formula is C26H32F2N8O2. The second kappa shape index (κ2) is 11.1. The van der Waals surface area contributed by atoms with Crippen LogP contribution in [0.5, 0.6) is 5.75 Å². The number of rotatable bonds is 9. The van der Waals surface area contributed by atoms with E-state index in [9.17, 15) is 13.6 Å². The van der Waals surface area contributed by atoms with Gasteiger partial charge >= 0.3 is 6.03 Å². The zero-order valence-corrected chi connectivity index (χ0v) is 22.1. The fourth-order valence-corrected chi connectivity index (χ4v) is 4.19. The normalized spacial score (nSPS) is 13.1. The average molecular weight is 527 g/mol. The molecule has 1 aliphatic rings. The molecule has 10 nitrogen and oxygen atoms in total. The second-order valence-corrected chi connectivity index (χ2v) is 9.44. The van der Waals surface area contributed by atoms with Crippen molar-refractivity contribution >= 4 is 34.9 Å². The van der Waals surface area contributed by atoms with Crippen molar-refractivity contribution in [2.75, 3.05) is 69.2 Å². The van der Waals surface area contributed by atoms with Crippen LogP contribution in [0.4, 0.5) is 42.4 Å². The monoisotopic (exact) mass is 526 g/mol. The summed E-state index contributed by atoms with van der Waals surface area (Å²) in [5, 5.41) is 3.14. The standard InChI is InChI=1S/C26H32F2N8O2/c1-33(2)8-9-34(3)22-12-23(38-5)21(11-20(22)29)31-25-30-13-17-15-36(26(37)35(4)24(17)32-25)14-16-6-7-18(27)10-19(16)28/h6-7,10-13H,8-9,14-15,29H2,1-5H3,(H,30,31,32). The van der Waals surface area contributed by atoms with Crippen molar-refractivity contribution in [1.29, 1.82) is 0 Å². The number of nitrogen functional groups attached to an aromatic ring is 1. The number of amides is 2. The number of fused-ring (bicyclic) bond motifs is 1. The van der Waals surface area contributed by atoms with Gasteiger partial charge in [0.1, 0.15) is 23.2 Å². The predicted octanol–water partition coefficient (Wildman–Crippen LogP) is 3.66. The van der Waals surface area contributed by atoms with Crippen LogP contribution in [-0.2, 0) is 13.1 Å². The summed E-state index contributed by atoms with van der Waals surface area (Å²) in [4.78, 5) is 28.9. The highest BCUT2D eigenvalue weighted by molar-refractivity contribution is 5.93. The number of ether oxygens (including phenoxy) is 1. The molecule has 12 heteroatoms. The van der Waals surface area contributed by atoms with Crippen molar-refractivity contribution in [3.8, 4) is 5.75 Å². The van der Waals surface area contributed by atoms with Crippen LogP contribution >= 0.6 is 0 Å². The van der Waals surface area contributed by atoms with E-state index in [1.54, 1.807) is 26.4 Å². The Morgan fingerprint density at radius 3 is 2.61 bits per heavy atom. The SMILES string of the molecule is COc1cc(N(C)CCN(C)C)c(N)cc1Nc1ncc2c(n1)N(C)C(=O)N(Cc1ccc(F)cc1F)C2. The average Bonchev–Trinajstić information content (AvgIpc) is 2.87. The van der Waals surface area contributed by atoms with Gasteiger partial charge in [0.15, 0.2) is 0 Å². The molecular weight excluding hydrogens is 494 g/mol. The summed E-state index contributed by atoms with van der Waals surface area (Å²) in [7, 11) is 9.14. The Kier molecular flexibility index (Phi) is 7.81. The number of hydrogen-bond acceptors (Lipinski definition) is 8. The fourth-order valence-electron chi connectivity index (χ4n) is 4.19. The zero-order chi connectivity index (χ0) is 27.6. The molecule has 4 rings (SSSR count). The van der Waals surface area contributed by atoms with Crippen LogP contribution in [0, 0.1) is 11.6 Å². The van der Waals surface area contributed by atoms with Gasteiger partial charge < -0.3 is 30.5 Å². The van der Waals surface area contributed by atoms with E-state index < -0.39 is 11.6 Å². The number of aromatic nitrogens is 2. The van der Waals surface area contributed by atoms with E-state index >= 15 is 0 Å². The van der Waals surface area contributed by atoms with E-state index in [0.717, 1.165) is 24.8 Å². The molecule has 0 unspecified atom stereocenters. The molecule has 38 heavy (non-hydrogen) atoms. The lowest BCUT2D eigenvalue weighted by atomic mass is 10.1. The third-order valence-corrected chi connectivity index (χ3v) is 6.34. The first-order valence-corrected chi connectivity index (χ1v) is 12.0. The summed E-state index contributed by atoms with van der Waals surface area (Å²) in [6.07, 6.45) is 1.61. The Balaban J connectivity index is 1.54. The van der Waals surface area contributed by atoms with Crippen molar-refractivity contribution in [2.24, 2.45) is 0 Å². The molecule has 1 aromatic heterocycles. The molecule has 0 atom stereocenters. The number of carbonyl (C=O) groups is 1. The Morgan fingerprint density at radius 2 is 1.92 bits per heavy atom. The number of nitrogens with two attached hydrogens (primary N) is 1. The summed E-state index contributed by atoms with van der Waals surface area (Å²) >= 11 is 0. The van der Waals surface area contributed by atoms with Gasteiger partial charge in [0, 0.05) is 56.6 Å². The highest BCUT2D eigenvalue weighted by Gasteiger charge is 2.30. The summed E-state index contributed by atoms with van der Waals surface area (Å²) in [5.41, 5.74) is 9.23. The molecule has 2 amide bonds. The first-order chi connectivity index (χ1) is 18.1. The van der Waals surface area contributed by atoms with Crippen LogP contribution < -0.4 is 25.6 Å². The minimum Gasteiger partial charge on any atom is -0.494 e. The van der Waals surface area contributed by atoms with Gasteiger partial charge in [0.2, 0.25) is 5.95 Å². The van der Waals surface area contributed by atoms with Gasteiger partial charge in [0.05, 0.1) is 37.3 Å². The van der Waals surface area contributed by atoms with Gasteiger partial charge in [-0.15, -0.1) is 0 Å². The third kappa shape index (κ3) is 5.70. The molecule has 3 N–H and O–H groups in total. The number of nitrogens with zero attached hydrogens (tertiary/aromatic N) is 6. The number of nitrogens with one attached hydrogen (secondary N) is 1. The van der Waals surface area contributed by atoms with Gasteiger partial charge in [0.25, 0.3) is 0 Å². The Morgan fingerprint density at radius 1 is 1.16 bits per heavy atom. The number of methoxy groups -OCH3 is 1. The summed E-state index contributed by atoms with van der Waals surface area (Å²) in [6, 6.07) is 6.56. The Hall–Kier alpha value is -4.19. The van der Waals surface area contributed by atoms with E-state index in [2.05, 4.69) is 25.1 Å². The number of urea groups is 1. The number of anilines is 5. The molecule has 0 bridgehead atoms. The molecule has 0 radical (unpaired) electrons. The smallest absolute Gasteiger partial charge is 0.326 e. The molecule has 3 aromatic rings. The first kappa shape index (κ1) is 26.9. The van der Waals surface area contributed by atoms with Gasteiger partial charge in [-0.3, -0.25) is 4.90 Å². The van der Waals surface area contributed by atoms with E-state index in [-0.39, 0.29) is 30.6 Å². The lowest BCUT2D eigenvalue weighted by Gasteiger charge is -2.34. The minimum absolute atomic E-state index is 0.0134. The number of benzene rings is 2. The number of likely N-dealkylation sites (N-methyl/N-ethyl adjacent to an activating group) is 2. The molecule has 0 saturated heterocycles. The Bertz CT molecular complexity index is 1340. The zero-order valence-electron chi connectivity index (χ0n) is 22.1. The molecule has 2 aromatic carbocycles. The summed E-state index contributed by atoms with van der Waals surface area (Å²) in [5.74, 6) is -0.131. The van der Waals surface area contributed by atoms with Crippen molar-refractivity contribution in [3.63, 3.8) is 0 Å². The van der Waals surface area contributed by atoms with Crippen LogP contribution in [0.1, 0.15) is 11.1 Å². The predicted molar refractivity (Wildman–Crippen MR) is 144 cm³/mol. The first-order valence-electron chi connectivity index (χ1n) is 12.0. The van der Waals surface area contributed by atoms with E-state index in [1.807, 2.05) is 27.2 Å². The number of hydrogen-bond donors (Lipinski definition) is 2. The van der Waals surface area contributed by atoms with Crippen molar-refractivity contribution < 1.29 is 18.3 Å². The quantitative estimate of drug-likeness (QED) is 0.408. The lowest BCUT2D eigenvalue weighted by molar-refractivity contribution is 0.196. The Labute approximate surface area is 220 Å². The molecule has 0 saturated carbocycles. The van der Waals surface area contributed by atoms with Gasteiger partial charge in [-0.2, -0.15) is 4.98 Å². The minimum atomic E-state index is -0.704. The molecule has 0 fully saturated rings. The van der Waals surface area contributed by atoms with Gasteiger partial charge in [-0.05, 0) is 26.2 Å². The molecule has 0 spiro atoms. The lowest BCUT2D eigenvalue weighted by Crippen LogP contribution is -2.45. The van der Waals surface area contributed by atoms with Gasteiger partial charge in [-0.1, -0.05) is 6.07 Å². The van der Waals surface area contributed by atoms with Crippen molar-refractivity contribution in [3.05, 3.63) is 59.3 Å². The van der Waals surface area contributed by atoms with E-state index in [4.69, 9.17) is 10.5 Å². The number of halogens is 2. The summed E-state index contributed by atoms with van der Waals surface area (Å²) < 4.78 is 33.0. The van der Waals surface area contributed by atoms with Crippen molar-refractivity contribution in [1.82, 2.24) is 19.8 Å². The topological polar surface area (TPSA) is 103 Å². The highest BCUT2D eigenvalue weighted by Crippen LogP contribution is 2.37. The van der Waals surface area contributed by atoms with E-state index in [0.29, 0.717) is 28.5 Å². The highest BCUT2D eigenvalue weighted by atomic mass is 19.1. The molecule has 1 aliphatic heterocycles. The fraction of sp³-hybridized carbons (Fsp3) is 0.346. The van der Waals surface area contributed by atoms with Crippen LogP contribution in [0.15, 0.2) is 36.5 Å². The van der Waals surface area contributed by atoms with Crippen LogP contribution in [0.2, 0.25) is 0 Å². The molecule has 2 heterocycles. The maximum atomic E-state index is 14.2. The van der Waals surface area contributed by atoms with Crippen molar-refractivity contribution in [2.45, 2.75) is 13.1 Å². The largest absolute Gasteiger partial charge is 0.494 e. The maximum absolute atomic E-state index is 14.2. The van der Waals surface area contributed by atoms with Crippen LogP contribution in [0.3, 0.4) is 0 Å². The molecule has 202 valence electrons.